The van der Waals surface area contributed by atoms with Crippen molar-refractivity contribution >= 4 is 0 Å². The van der Waals surface area contributed by atoms with Gasteiger partial charge in [0.05, 0.1) is 0 Å². The molecule has 118 valence electrons. The van der Waals surface area contributed by atoms with Gasteiger partial charge >= 0.3 is 0 Å². The molecule has 0 aromatic heterocycles. The summed E-state index contributed by atoms with van der Waals surface area (Å²) >= 11 is 0. The normalized spacial score (nSPS) is 19.1. The van der Waals surface area contributed by atoms with Crippen LogP contribution in [-0.4, -0.2) is 6.54 Å². The van der Waals surface area contributed by atoms with E-state index in [4.69, 9.17) is 0 Å². The molecule has 0 amide bonds. The third-order valence-corrected chi connectivity index (χ3v) is 5.19. The Morgan fingerprint density at radius 3 is 2.38 bits per heavy atom. The third kappa shape index (κ3) is 4.32. The van der Waals surface area contributed by atoms with Crippen LogP contribution in [0.15, 0.2) is 18.2 Å². The van der Waals surface area contributed by atoms with Crippen molar-refractivity contribution in [1.82, 2.24) is 5.32 Å². The van der Waals surface area contributed by atoms with Crippen molar-refractivity contribution in [3.8, 4) is 0 Å². The first-order chi connectivity index (χ1) is 9.92. The summed E-state index contributed by atoms with van der Waals surface area (Å²) in [5.41, 5.74) is 4.79. The van der Waals surface area contributed by atoms with E-state index in [1.54, 1.807) is 0 Å². The van der Waals surface area contributed by atoms with Gasteiger partial charge in [-0.1, -0.05) is 50.5 Å². The number of nitrogens with one attached hydrogen (secondary N) is 1. The van der Waals surface area contributed by atoms with E-state index in [1.807, 2.05) is 0 Å². The van der Waals surface area contributed by atoms with Crippen molar-refractivity contribution in [3.63, 3.8) is 0 Å². The molecule has 1 aliphatic rings. The first-order valence-corrected chi connectivity index (χ1v) is 8.72. The van der Waals surface area contributed by atoms with E-state index < -0.39 is 0 Å². The molecule has 1 fully saturated rings. The second-order valence-electron chi connectivity index (χ2n) is 7.77. The first-order valence-electron chi connectivity index (χ1n) is 8.72. The average Bonchev–Trinajstić information content (AvgIpc) is 2.87. The molecule has 1 N–H and O–H groups in total. The zero-order valence-corrected chi connectivity index (χ0v) is 14.6. The Morgan fingerprint density at radius 2 is 1.76 bits per heavy atom. The highest BCUT2D eigenvalue weighted by Gasteiger charge is 2.34. The molecule has 1 nitrogen and oxygen atoms in total. The highest BCUT2D eigenvalue weighted by Crippen LogP contribution is 2.43. The van der Waals surface area contributed by atoms with Crippen LogP contribution in [0.5, 0.6) is 0 Å². The summed E-state index contributed by atoms with van der Waals surface area (Å²) < 4.78 is 0. The zero-order valence-electron chi connectivity index (χ0n) is 14.6. The van der Waals surface area contributed by atoms with E-state index in [0.29, 0.717) is 11.5 Å². The molecule has 1 aliphatic carbocycles. The lowest BCUT2D eigenvalue weighted by molar-refractivity contribution is 0.217. The molecule has 2 rings (SSSR count). The molecule has 0 aliphatic heterocycles. The second-order valence-corrected chi connectivity index (χ2v) is 7.77. The molecule has 1 unspecified atom stereocenters. The van der Waals surface area contributed by atoms with Crippen molar-refractivity contribution in [2.45, 2.75) is 72.8 Å². The van der Waals surface area contributed by atoms with Crippen LogP contribution in [0.3, 0.4) is 0 Å². The summed E-state index contributed by atoms with van der Waals surface area (Å²) in [6.45, 7) is 12.7. The number of benzene rings is 1. The minimum atomic E-state index is 0.453. The summed E-state index contributed by atoms with van der Waals surface area (Å²) in [5, 5.41) is 3.86. The fraction of sp³-hybridized carbons (Fsp3) is 0.700. The van der Waals surface area contributed by atoms with Gasteiger partial charge in [0, 0.05) is 12.6 Å². The highest BCUT2D eigenvalue weighted by molar-refractivity contribution is 5.32. The second kappa shape index (κ2) is 6.96. The van der Waals surface area contributed by atoms with Gasteiger partial charge in [0.25, 0.3) is 0 Å². The molecule has 1 atom stereocenters. The maximum Gasteiger partial charge on any atom is 0.0294 e. The highest BCUT2D eigenvalue weighted by atomic mass is 14.9. The maximum atomic E-state index is 3.86. The van der Waals surface area contributed by atoms with Crippen LogP contribution in [0, 0.1) is 25.2 Å². The molecule has 1 heteroatoms. The van der Waals surface area contributed by atoms with Gasteiger partial charge in [-0.2, -0.15) is 0 Å². The van der Waals surface area contributed by atoms with E-state index in [-0.39, 0.29) is 0 Å². The predicted molar refractivity (Wildman–Crippen MR) is 92.7 cm³/mol. The fourth-order valence-electron chi connectivity index (χ4n) is 4.15. The van der Waals surface area contributed by atoms with Crippen LogP contribution in [0.25, 0.3) is 0 Å². The smallest absolute Gasteiger partial charge is 0.0294 e. The standard InChI is InChI=1S/C20H33N/c1-15(2)13-20(10-6-7-11-20)14-21-18(5)19-12-16(3)8-9-17(19)4/h8-9,12,15,18,21H,6-7,10-11,13-14H2,1-5H3. The molecule has 0 saturated heterocycles. The number of aryl methyl sites for hydroxylation is 2. The van der Waals surface area contributed by atoms with E-state index in [1.165, 1.54) is 55.3 Å². The van der Waals surface area contributed by atoms with E-state index >= 15 is 0 Å². The average molecular weight is 287 g/mol. The monoisotopic (exact) mass is 287 g/mol. The summed E-state index contributed by atoms with van der Waals surface area (Å²) in [6.07, 6.45) is 7.05. The number of hydrogen-bond donors (Lipinski definition) is 1. The Bertz CT molecular complexity index is 455. The Labute approximate surface area is 131 Å². The fourth-order valence-corrected chi connectivity index (χ4v) is 4.15. The van der Waals surface area contributed by atoms with E-state index in [9.17, 15) is 0 Å². The summed E-state index contributed by atoms with van der Waals surface area (Å²) in [4.78, 5) is 0. The topological polar surface area (TPSA) is 12.0 Å². The Morgan fingerprint density at radius 1 is 1.10 bits per heavy atom. The van der Waals surface area contributed by atoms with Crippen molar-refractivity contribution in [3.05, 3.63) is 34.9 Å². The van der Waals surface area contributed by atoms with Crippen LogP contribution in [-0.2, 0) is 0 Å². The van der Waals surface area contributed by atoms with Crippen LogP contribution < -0.4 is 5.32 Å². The maximum absolute atomic E-state index is 3.86. The Kier molecular flexibility index (Phi) is 5.48. The van der Waals surface area contributed by atoms with Gasteiger partial charge in [0.2, 0.25) is 0 Å². The molecule has 1 aromatic rings. The van der Waals surface area contributed by atoms with Crippen LogP contribution >= 0.6 is 0 Å². The van der Waals surface area contributed by atoms with Gasteiger partial charge in [-0.3, -0.25) is 0 Å². The summed E-state index contributed by atoms with van der Waals surface area (Å²) in [5.74, 6) is 0.806. The minimum Gasteiger partial charge on any atom is -0.310 e. The third-order valence-electron chi connectivity index (χ3n) is 5.19. The van der Waals surface area contributed by atoms with Crippen molar-refractivity contribution in [2.24, 2.45) is 11.3 Å². The van der Waals surface area contributed by atoms with Crippen LogP contribution in [0.2, 0.25) is 0 Å². The summed E-state index contributed by atoms with van der Waals surface area (Å²) in [6, 6.07) is 7.26. The number of rotatable bonds is 6. The number of hydrogen-bond acceptors (Lipinski definition) is 1. The SMILES string of the molecule is Cc1ccc(C)c(C(C)NCC2(CC(C)C)CCCC2)c1. The molecule has 0 bridgehead atoms. The molecular formula is C20H33N. The van der Waals surface area contributed by atoms with Gasteiger partial charge in [0.1, 0.15) is 0 Å². The molecule has 0 spiro atoms. The van der Waals surface area contributed by atoms with Crippen molar-refractivity contribution < 1.29 is 0 Å². The predicted octanol–water partition coefficient (Wildman–Crippen LogP) is 5.56. The van der Waals surface area contributed by atoms with E-state index in [2.05, 4.69) is 58.1 Å². The quantitative estimate of drug-likeness (QED) is 0.722. The molecule has 0 radical (unpaired) electrons. The van der Waals surface area contributed by atoms with Gasteiger partial charge in [-0.05, 0) is 62.5 Å². The lowest BCUT2D eigenvalue weighted by Gasteiger charge is -2.33. The van der Waals surface area contributed by atoms with Gasteiger partial charge in [-0.15, -0.1) is 0 Å². The molecule has 1 saturated carbocycles. The largest absolute Gasteiger partial charge is 0.310 e. The minimum absolute atomic E-state index is 0.453. The summed E-state index contributed by atoms with van der Waals surface area (Å²) in [7, 11) is 0. The molecule has 21 heavy (non-hydrogen) atoms. The van der Waals surface area contributed by atoms with Gasteiger partial charge in [-0.25, -0.2) is 0 Å². The van der Waals surface area contributed by atoms with Crippen LogP contribution in [0.1, 0.15) is 75.6 Å². The lowest BCUT2D eigenvalue weighted by Crippen LogP contribution is -2.35. The molecule has 1 aromatic carbocycles. The lowest BCUT2D eigenvalue weighted by atomic mass is 9.78. The Hall–Kier alpha value is -0.820. The van der Waals surface area contributed by atoms with Gasteiger partial charge in [0.15, 0.2) is 0 Å². The van der Waals surface area contributed by atoms with E-state index in [0.717, 1.165) is 5.92 Å². The molecule has 0 heterocycles. The first kappa shape index (κ1) is 16.5. The Balaban J connectivity index is 2.01. The zero-order chi connectivity index (χ0) is 15.5. The van der Waals surface area contributed by atoms with Crippen molar-refractivity contribution in [2.75, 3.05) is 6.54 Å². The van der Waals surface area contributed by atoms with Crippen molar-refractivity contribution in [1.29, 1.82) is 0 Å². The molecular weight excluding hydrogens is 254 g/mol. The van der Waals surface area contributed by atoms with Crippen LogP contribution in [0.4, 0.5) is 0 Å². The van der Waals surface area contributed by atoms with Gasteiger partial charge < -0.3 is 5.32 Å².